The summed E-state index contributed by atoms with van der Waals surface area (Å²) in [6.45, 7) is 6.41. The Balaban J connectivity index is 1.58. The molecule has 46 heavy (non-hydrogen) atoms. The zero-order chi connectivity index (χ0) is 32.8. The van der Waals surface area contributed by atoms with E-state index in [0.717, 1.165) is 0 Å². The van der Waals surface area contributed by atoms with Gasteiger partial charge in [-0.2, -0.15) is 0 Å². The molecular formula is C33H37ClN6O6. The fourth-order valence-corrected chi connectivity index (χ4v) is 5.70. The lowest BCUT2D eigenvalue weighted by atomic mass is 10.1. The Bertz CT molecular complexity index is 1770. The Hall–Kier alpha value is -4.81. The number of halogens is 1. The highest BCUT2D eigenvalue weighted by atomic mass is 35.5. The van der Waals surface area contributed by atoms with E-state index >= 15 is 0 Å². The molecule has 0 aliphatic carbocycles. The molecule has 12 nitrogen and oxygen atoms in total. The van der Waals surface area contributed by atoms with E-state index in [4.69, 9.17) is 30.8 Å². The topological polar surface area (TPSA) is 118 Å². The van der Waals surface area contributed by atoms with Crippen LogP contribution in [0.4, 0.5) is 16.2 Å². The van der Waals surface area contributed by atoms with E-state index in [1.54, 1.807) is 72.4 Å². The number of nitrogens with zero attached hydrogens (tertiary/aromatic N) is 5. The number of piperazine rings is 1. The Kier molecular flexibility index (Phi) is 10.3. The van der Waals surface area contributed by atoms with Crippen LogP contribution < -0.4 is 30.3 Å². The van der Waals surface area contributed by atoms with Gasteiger partial charge in [-0.3, -0.25) is 19.4 Å². The minimum absolute atomic E-state index is 0.238. The van der Waals surface area contributed by atoms with Gasteiger partial charge in [-0.25, -0.2) is 14.5 Å². The smallest absolute Gasteiger partial charge is 0.327 e. The molecule has 0 spiro atoms. The van der Waals surface area contributed by atoms with Crippen molar-refractivity contribution in [3.8, 4) is 11.5 Å². The number of esters is 1. The van der Waals surface area contributed by atoms with Crippen LogP contribution >= 0.6 is 11.6 Å². The third-order valence-corrected chi connectivity index (χ3v) is 8.06. The number of fused-ring (bicyclic) bond motifs is 1. The molecule has 5 rings (SSSR count). The molecule has 4 aromatic rings. The molecule has 242 valence electrons. The largest absolute Gasteiger partial charge is 0.497 e. The molecule has 1 N–H and O–H groups in total. The second kappa shape index (κ2) is 14.5. The zero-order valence-electron chi connectivity index (χ0n) is 26.2. The van der Waals surface area contributed by atoms with Crippen LogP contribution in [0.5, 0.6) is 11.5 Å². The van der Waals surface area contributed by atoms with Gasteiger partial charge in [0.1, 0.15) is 18.1 Å². The van der Waals surface area contributed by atoms with E-state index in [2.05, 4.69) is 10.2 Å². The van der Waals surface area contributed by atoms with Gasteiger partial charge >= 0.3 is 12.0 Å². The second-order valence-electron chi connectivity index (χ2n) is 10.8. The third kappa shape index (κ3) is 7.19. The predicted octanol–water partition coefficient (Wildman–Crippen LogP) is 4.68. The fourth-order valence-electron chi connectivity index (χ4n) is 5.51. The van der Waals surface area contributed by atoms with Gasteiger partial charge in [-0.15, -0.1) is 0 Å². The summed E-state index contributed by atoms with van der Waals surface area (Å²) in [5, 5.41) is 5.83. The molecule has 0 radical (unpaired) electrons. The summed E-state index contributed by atoms with van der Waals surface area (Å²) >= 11 is 6.22. The number of benzene rings is 3. The molecule has 13 heteroatoms. The SMILES string of the molecule is COc1ccc(N(C(=O)Nc2cccc(Cl)c2)C(C)c2nc3ccccc3c(=O)n2N2CCN(CCOC(C)=O)CC2)c(OC)c1. The van der Waals surface area contributed by atoms with Gasteiger partial charge in [-0.1, -0.05) is 29.8 Å². The monoisotopic (exact) mass is 648 g/mol. The van der Waals surface area contributed by atoms with Crippen molar-refractivity contribution >= 4 is 45.9 Å². The van der Waals surface area contributed by atoms with Crippen LogP contribution in [0.3, 0.4) is 0 Å². The van der Waals surface area contributed by atoms with Crippen molar-refractivity contribution in [3.05, 3.63) is 87.9 Å². The third-order valence-electron chi connectivity index (χ3n) is 7.83. The lowest BCUT2D eigenvalue weighted by molar-refractivity contribution is -0.141. The van der Waals surface area contributed by atoms with E-state index in [1.807, 2.05) is 18.0 Å². The lowest BCUT2D eigenvalue weighted by Crippen LogP contribution is -2.56. The van der Waals surface area contributed by atoms with Crippen LogP contribution in [0.2, 0.25) is 5.02 Å². The molecule has 0 saturated carbocycles. The number of anilines is 2. The maximum atomic E-state index is 14.2. The van der Waals surface area contributed by atoms with Gasteiger partial charge in [0.2, 0.25) is 0 Å². The molecule has 2 heterocycles. The van der Waals surface area contributed by atoms with E-state index in [0.29, 0.717) is 84.0 Å². The number of hydrogen-bond donors (Lipinski definition) is 1. The van der Waals surface area contributed by atoms with Crippen molar-refractivity contribution in [3.63, 3.8) is 0 Å². The molecule has 2 amide bonds. The average molecular weight is 649 g/mol. The number of urea groups is 1. The van der Waals surface area contributed by atoms with Crippen molar-refractivity contribution in [2.24, 2.45) is 0 Å². The van der Waals surface area contributed by atoms with Crippen molar-refractivity contribution in [1.29, 1.82) is 0 Å². The maximum Gasteiger partial charge on any atom is 0.327 e. The quantitative estimate of drug-likeness (QED) is 0.245. The van der Waals surface area contributed by atoms with Gasteiger partial charge in [0, 0.05) is 56.4 Å². The highest BCUT2D eigenvalue weighted by molar-refractivity contribution is 6.31. The Morgan fingerprint density at radius 2 is 1.76 bits per heavy atom. The Morgan fingerprint density at radius 3 is 2.46 bits per heavy atom. The predicted molar refractivity (Wildman–Crippen MR) is 178 cm³/mol. The molecule has 1 unspecified atom stereocenters. The molecular weight excluding hydrogens is 612 g/mol. The first-order chi connectivity index (χ1) is 22.2. The summed E-state index contributed by atoms with van der Waals surface area (Å²) in [7, 11) is 3.07. The maximum absolute atomic E-state index is 14.2. The summed E-state index contributed by atoms with van der Waals surface area (Å²) in [6.07, 6.45) is 0. The molecule has 1 atom stereocenters. The van der Waals surface area contributed by atoms with Crippen molar-refractivity contribution in [2.75, 3.05) is 68.8 Å². The van der Waals surface area contributed by atoms with E-state index in [-0.39, 0.29) is 11.5 Å². The normalized spacial score (nSPS) is 14.1. The van der Waals surface area contributed by atoms with Crippen LogP contribution in [-0.2, 0) is 9.53 Å². The molecule has 1 aromatic heterocycles. The number of carbonyl (C=O) groups excluding carboxylic acids is 2. The minimum Gasteiger partial charge on any atom is -0.497 e. The summed E-state index contributed by atoms with van der Waals surface area (Å²) in [5.41, 5.74) is 1.22. The first-order valence-electron chi connectivity index (χ1n) is 14.9. The number of aromatic nitrogens is 2. The van der Waals surface area contributed by atoms with Gasteiger partial charge in [0.15, 0.2) is 5.82 Å². The highest BCUT2D eigenvalue weighted by Gasteiger charge is 2.32. The number of rotatable bonds is 10. The van der Waals surface area contributed by atoms with Crippen molar-refractivity contribution in [2.45, 2.75) is 19.9 Å². The second-order valence-corrected chi connectivity index (χ2v) is 11.2. The first kappa shape index (κ1) is 32.6. The first-order valence-corrected chi connectivity index (χ1v) is 15.3. The Morgan fingerprint density at radius 1 is 1.00 bits per heavy atom. The van der Waals surface area contributed by atoms with Crippen LogP contribution in [0.15, 0.2) is 71.5 Å². The van der Waals surface area contributed by atoms with Gasteiger partial charge in [0.05, 0.1) is 36.9 Å². The van der Waals surface area contributed by atoms with Gasteiger partial charge in [0.25, 0.3) is 5.56 Å². The number of carbonyl (C=O) groups is 2. The minimum atomic E-state index is -0.763. The van der Waals surface area contributed by atoms with E-state index in [1.165, 1.54) is 18.9 Å². The van der Waals surface area contributed by atoms with Gasteiger partial charge in [-0.05, 0) is 49.4 Å². The number of nitrogens with one attached hydrogen (secondary N) is 1. The van der Waals surface area contributed by atoms with Crippen molar-refractivity contribution < 1.29 is 23.8 Å². The molecule has 0 bridgehead atoms. The number of methoxy groups -OCH3 is 2. The average Bonchev–Trinajstić information content (AvgIpc) is 3.05. The molecule has 3 aromatic carbocycles. The molecule has 1 aliphatic heterocycles. The van der Waals surface area contributed by atoms with Crippen LogP contribution in [0.25, 0.3) is 10.9 Å². The molecule has 1 saturated heterocycles. The standard InChI is InChI=1S/C33H37ClN6O6/c1-22(39(29-13-12-26(44-3)21-30(29)45-4)33(43)35-25-9-7-8-24(34)20-25)31-36-28-11-6-5-10-27(28)32(42)40(31)38-16-14-37(15-17-38)18-19-46-23(2)41/h5-13,20-22H,14-19H2,1-4H3,(H,35,43). The van der Waals surface area contributed by atoms with Crippen molar-refractivity contribution in [1.82, 2.24) is 14.6 Å². The summed E-state index contributed by atoms with van der Waals surface area (Å²) in [4.78, 5) is 48.3. The number of hydrogen-bond acceptors (Lipinski definition) is 9. The Labute approximate surface area is 272 Å². The summed E-state index contributed by atoms with van der Waals surface area (Å²) in [5.74, 6) is 0.999. The molecule has 1 aliphatic rings. The number of amides is 2. The summed E-state index contributed by atoms with van der Waals surface area (Å²) < 4.78 is 17.8. The molecule has 1 fully saturated rings. The van der Waals surface area contributed by atoms with E-state index < -0.39 is 12.1 Å². The van der Waals surface area contributed by atoms with Gasteiger partial charge < -0.3 is 24.5 Å². The fraction of sp³-hybridized carbons (Fsp3) is 0.333. The number of ether oxygens (including phenoxy) is 3. The van der Waals surface area contributed by atoms with E-state index in [9.17, 15) is 14.4 Å². The van der Waals surface area contributed by atoms with Crippen LogP contribution in [-0.4, -0.2) is 80.1 Å². The van der Waals surface area contributed by atoms with Crippen LogP contribution in [0, 0.1) is 0 Å². The summed E-state index contributed by atoms with van der Waals surface area (Å²) in [6, 6.07) is 17.9. The zero-order valence-corrected chi connectivity index (χ0v) is 27.0. The lowest BCUT2D eigenvalue weighted by Gasteiger charge is -2.39. The highest BCUT2D eigenvalue weighted by Crippen LogP contribution is 2.37. The number of para-hydroxylation sites is 1. The van der Waals surface area contributed by atoms with Crippen LogP contribution in [0.1, 0.15) is 25.7 Å².